The monoisotopic (exact) mass is 367 g/mol. The lowest BCUT2D eigenvalue weighted by molar-refractivity contribution is -0.121. The van der Waals surface area contributed by atoms with E-state index in [1.807, 2.05) is 32.2 Å². The number of alkyl halides is 1. The van der Waals surface area contributed by atoms with Crippen LogP contribution in [-0.2, 0) is 4.79 Å². The van der Waals surface area contributed by atoms with Crippen molar-refractivity contribution in [3.8, 4) is 0 Å². The Labute approximate surface area is 159 Å². The number of rotatable bonds is 5. The first-order valence-corrected chi connectivity index (χ1v) is 8.81. The minimum Gasteiger partial charge on any atom is -0.311 e. The fourth-order valence-corrected chi connectivity index (χ4v) is 2.72. The van der Waals surface area contributed by atoms with Gasteiger partial charge in [-0.05, 0) is 71.2 Å². The van der Waals surface area contributed by atoms with Gasteiger partial charge in [0.25, 0.3) is 0 Å². The van der Waals surface area contributed by atoms with Crippen molar-refractivity contribution in [3.63, 3.8) is 0 Å². The Balaban J connectivity index is 2.51. The number of hydrogen-bond donors (Lipinski definition) is 1. The average Bonchev–Trinajstić information content (AvgIpc) is 3.38. The fraction of sp³-hybridized carbons (Fsp3) is 0.318. The molecule has 0 aliphatic heterocycles. The summed E-state index contributed by atoms with van der Waals surface area (Å²) >= 11 is 0. The Hall–Kier alpha value is -2.82. The van der Waals surface area contributed by atoms with Crippen LogP contribution in [0.4, 0.5) is 4.39 Å². The number of amidine groups is 1. The molecule has 1 amide bonds. The van der Waals surface area contributed by atoms with Gasteiger partial charge in [-0.15, -0.1) is 0 Å². The summed E-state index contributed by atoms with van der Waals surface area (Å²) in [5, 5.41) is 4.29. The van der Waals surface area contributed by atoms with E-state index in [4.69, 9.17) is 0 Å². The minimum absolute atomic E-state index is 0.280. The highest BCUT2D eigenvalue weighted by Gasteiger charge is 2.43. The molecule has 4 nitrogen and oxygen atoms in total. The average molecular weight is 367 g/mol. The predicted molar refractivity (Wildman–Crippen MR) is 113 cm³/mol. The molecule has 0 radical (unpaired) electrons. The van der Waals surface area contributed by atoms with E-state index in [0.29, 0.717) is 5.84 Å². The molecule has 1 aliphatic rings. The molecule has 0 saturated heterocycles. The molecule has 27 heavy (non-hydrogen) atoms. The van der Waals surface area contributed by atoms with E-state index in [0.717, 1.165) is 32.7 Å². The second-order valence-electron chi connectivity index (χ2n) is 6.63. The molecule has 1 N–H and O–H groups in total. The van der Waals surface area contributed by atoms with Crippen molar-refractivity contribution >= 4 is 42.3 Å². The van der Waals surface area contributed by atoms with E-state index in [-0.39, 0.29) is 12.3 Å². The van der Waals surface area contributed by atoms with E-state index in [9.17, 15) is 9.18 Å². The van der Waals surface area contributed by atoms with Crippen LogP contribution in [0.1, 0.15) is 31.4 Å². The summed E-state index contributed by atoms with van der Waals surface area (Å²) in [5.74, 6) is -0.522. The van der Waals surface area contributed by atoms with Crippen molar-refractivity contribution in [2.75, 3.05) is 14.1 Å². The van der Waals surface area contributed by atoms with Crippen molar-refractivity contribution in [3.05, 3.63) is 45.8 Å². The third kappa shape index (κ3) is 4.88. The first-order valence-electron chi connectivity index (χ1n) is 8.81. The standard InChI is InChI=1S/C22H26FN3O/c1-7-16-8-17(14(3)13(2)12-24-5)9-18(15(16)4)10-21(25-6)26-22(27)19-11-20(19)23/h7-10,12,19-20H,1,4,11H2,2-3,5-6H3,(H,25,26,27)/b14-13+,18-10-,24-12?/t19-,20+/m1/s1. The van der Waals surface area contributed by atoms with E-state index in [2.05, 4.69) is 28.5 Å². The molecular weight excluding hydrogens is 341 g/mol. The van der Waals surface area contributed by atoms with Crippen molar-refractivity contribution in [2.24, 2.45) is 15.9 Å². The van der Waals surface area contributed by atoms with Crippen LogP contribution in [0.5, 0.6) is 0 Å². The van der Waals surface area contributed by atoms with Crippen LogP contribution in [0.3, 0.4) is 0 Å². The predicted octanol–water partition coefficient (Wildman–Crippen LogP) is 2.52. The zero-order chi connectivity index (χ0) is 20.1. The lowest BCUT2D eigenvalue weighted by Crippen LogP contribution is -2.35. The van der Waals surface area contributed by atoms with Crippen molar-refractivity contribution in [2.45, 2.75) is 26.4 Å². The molecule has 2 rings (SSSR count). The molecule has 5 heteroatoms. The molecule has 0 bridgehead atoms. The molecular formula is C22H26FN3O. The second-order valence-corrected chi connectivity index (χ2v) is 6.63. The maximum atomic E-state index is 13.1. The van der Waals surface area contributed by atoms with Crippen LogP contribution in [0.15, 0.2) is 34.3 Å². The Bertz CT molecular complexity index is 957. The van der Waals surface area contributed by atoms with Crippen LogP contribution in [-0.4, -0.2) is 38.2 Å². The maximum Gasteiger partial charge on any atom is 0.231 e. The van der Waals surface area contributed by atoms with Gasteiger partial charge in [0.1, 0.15) is 12.0 Å². The molecule has 1 aliphatic carbocycles. The fourth-order valence-electron chi connectivity index (χ4n) is 2.72. The van der Waals surface area contributed by atoms with Gasteiger partial charge in [-0.25, -0.2) is 4.39 Å². The smallest absolute Gasteiger partial charge is 0.231 e. The van der Waals surface area contributed by atoms with Gasteiger partial charge in [0.15, 0.2) is 0 Å². The SMILES string of the molecule is C=Cc1cc(/C(C)=C(\C)C=NC)c/c(=C/C(=NC)NC(=O)[C@@H]2C[C@@H]2F)c1=C. The Morgan fingerprint density at radius 3 is 2.52 bits per heavy atom. The Morgan fingerprint density at radius 1 is 1.33 bits per heavy atom. The number of benzene rings is 1. The minimum atomic E-state index is -1.04. The third-order valence-electron chi connectivity index (χ3n) is 4.72. The number of halogens is 1. The van der Waals surface area contributed by atoms with Gasteiger partial charge >= 0.3 is 0 Å². The lowest BCUT2D eigenvalue weighted by atomic mass is 9.98. The van der Waals surface area contributed by atoms with Gasteiger partial charge < -0.3 is 5.32 Å². The number of carbonyl (C=O) groups excluding carboxylic acids is 1. The highest BCUT2D eigenvalue weighted by Crippen LogP contribution is 2.33. The normalized spacial score (nSPS) is 21.2. The first-order chi connectivity index (χ1) is 12.8. The maximum absolute atomic E-state index is 13.1. The number of nitrogens with zero attached hydrogens (tertiary/aromatic N) is 2. The van der Waals surface area contributed by atoms with Crippen molar-refractivity contribution in [1.29, 1.82) is 0 Å². The summed E-state index contributed by atoms with van der Waals surface area (Å²) in [6.45, 7) is 12.0. The molecule has 0 aromatic heterocycles. The van der Waals surface area contributed by atoms with Gasteiger partial charge in [-0.3, -0.25) is 14.8 Å². The summed E-state index contributed by atoms with van der Waals surface area (Å²) in [6.07, 6.45) is 4.55. The third-order valence-corrected chi connectivity index (χ3v) is 4.72. The van der Waals surface area contributed by atoms with Gasteiger partial charge in [0.05, 0.1) is 5.92 Å². The van der Waals surface area contributed by atoms with Crippen LogP contribution < -0.4 is 15.8 Å². The molecule has 0 unspecified atom stereocenters. The number of nitrogens with one attached hydrogen (secondary N) is 1. The highest BCUT2D eigenvalue weighted by molar-refractivity contribution is 6.15. The van der Waals surface area contributed by atoms with Crippen LogP contribution in [0, 0.1) is 5.92 Å². The van der Waals surface area contributed by atoms with Crippen LogP contribution >= 0.6 is 0 Å². The molecule has 1 fully saturated rings. The Kier molecular flexibility index (Phi) is 6.61. The van der Waals surface area contributed by atoms with Crippen LogP contribution in [0.25, 0.3) is 24.3 Å². The van der Waals surface area contributed by atoms with E-state index in [1.54, 1.807) is 26.2 Å². The molecule has 0 heterocycles. The quantitative estimate of drug-likeness (QED) is 0.631. The van der Waals surface area contributed by atoms with Gasteiger partial charge in [0.2, 0.25) is 5.91 Å². The van der Waals surface area contributed by atoms with Gasteiger partial charge in [-0.2, -0.15) is 0 Å². The summed E-state index contributed by atoms with van der Waals surface area (Å²) in [5.41, 5.74) is 4.03. The second kappa shape index (κ2) is 8.71. The summed E-state index contributed by atoms with van der Waals surface area (Å²) in [4.78, 5) is 20.2. The molecule has 1 saturated carbocycles. The summed E-state index contributed by atoms with van der Waals surface area (Å²) < 4.78 is 13.1. The number of hydrogen-bond acceptors (Lipinski definition) is 3. The van der Waals surface area contributed by atoms with E-state index >= 15 is 0 Å². The topological polar surface area (TPSA) is 53.8 Å². The number of carbonyl (C=O) groups is 1. The Morgan fingerprint density at radius 2 is 2.00 bits per heavy atom. The molecule has 1 aromatic rings. The van der Waals surface area contributed by atoms with Crippen molar-refractivity contribution in [1.82, 2.24) is 5.32 Å². The van der Waals surface area contributed by atoms with E-state index < -0.39 is 12.1 Å². The van der Waals surface area contributed by atoms with E-state index in [1.165, 1.54) is 0 Å². The van der Waals surface area contributed by atoms with Crippen molar-refractivity contribution < 1.29 is 9.18 Å². The van der Waals surface area contributed by atoms with Gasteiger partial charge in [-0.1, -0.05) is 19.2 Å². The molecule has 1 aromatic carbocycles. The van der Waals surface area contributed by atoms with Crippen LogP contribution in [0.2, 0.25) is 0 Å². The number of allylic oxidation sites excluding steroid dienone is 2. The zero-order valence-electron chi connectivity index (χ0n) is 16.3. The zero-order valence-corrected chi connectivity index (χ0v) is 16.3. The highest BCUT2D eigenvalue weighted by atomic mass is 19.1. The summed E-state index contributed by atoms with van der Waals surface area (Å²) in [7, 11) is 3.32. The number of amides is 1. The molecule has 2 atom stereocenters. The first kappa shape index (κ1) is 20.5. The van der Waals surface area contributed by atoms with Gasteiger partial charge in [0, 0.05) is 20.3 Å². The summed E-state index contributed by atoms with van der Waals surface area (Å²) in [6, 6.07) is 4.01. The lowest BCUT2D eigenvalue weighted by Gasteiger charge is -2.09. The molecule has 142 valence electrons. The molecule has 0 spiro atoms. The largest absolute Gasteiger partial charge is 0.311 e. The number of aliphatic imine (C=N–C) groups is 2.